The smallest absolute Gasteiger partial charge is 0.349 e. The molecule has 0 aromatic heterocycles. The fourth-order valence-electron chi connectivity index (χ4n) is 2.88. The Morgan fingerprint density at radius 3 is 2.39 bits per heavy atom. The minimum Gasteiger partial charge on any atom is -0.465 e. The molecule has 0 aliphatic carbocycles. The first kappa shape index (κ1) is 15.4. The molecule has 0 radical (unpaired) electrons. The Balaban J connectivity index is 2.51. The van der Waals surface area contributed by atoms with Crippen LogP contribution < -0.4 is 4.57 Å². The highest BCUT2D eigenvalue weighted by atomic mass is 32.1. The molecule has 2 heterocycles. The van der Waals surface area contributed by atoms with Gasteiger partial charge in [-0.1, -0.05) is 23.5 Å². The maximum Gasteiger partial charge on any atom is 0.349 e. The van der Waals surface area contributed by atoms with Gasteiger partial charge < -0.3 is 9.47 Å². The average Bonchev–Trinajstić information content (AvgIpc) is 2.86. The topological polar surface area (TPSA) is 56.5 Å². The highest BCUT2D eigenvalue weighted by Crippen LogP contribution is 2.39. The fourth-order valence-corrected chi connectivity index (χ4v) is 4.18. The minimum atomic E-state index is -0.536. The second kappa shape index (κ2) is 5.62. The highest BCUT2D eigenvalue weighted by Gasteiger charge is 2.33. The van der Waals surface area contributed by atoms with Crippen LogP contribution in [0.3, 0.4) is 0 Å². The van der Waals surface area contributed by atoms with Gasteiger partial charge in [0.15, 0.2) is 0 Å². The number of rotatable bonds is 2. The van der Waals surface area contributed by atoms with Crippen molar-refractivity contribution in [3.8, 4) is 10.6 Å². The van der Waals surface area contributed by atoms with Gasteiger partial charge in [-0.3, -0.25) is 0 Å². The Morgan fingerprint density at radius 2 is 1.74 bits per heavy atom. The normalized spacial score (nSPS) is 11.0. The summed E-state index contributed by atoms with van der Waals surface area (Å²) in [6.07, 6.45) is 0. The number of hydrogen-bond acceptors (Lipinski definition) is 5. The van der Waals surface area contributed by atoms with E-state index in [-0.39, 0.29) is 10.4 Å². The monoisotopic (exact) mass is 330 g/mol. The first-order valence-electron chi connectivity index (χ1n) is 7.01. The van der Waals surface area contributed by atoms with E-state index in [9.17, 15) is 9.59 Å². The van der Waals surface area contributed by atoms with Crippen molar-refractivity contribution in [3.05, 3.63) is 40.3 Å². The molecule has 1 aromatic carbocycles. The Kier molecular flexibility index (Phi) is 3.77. The van der Waals surface area contributed by atoms with E-state index in [0.29, 0.717) is 0 Å². The number of aryl methyl sites for hydroxylation is 1. The van der Waals surface area contributed by atoms with Crippen LogP contribution in [0.1, 0.15) is 25.6 Å². The first-order valence-corrected chi connectivity index (χ1v) is 7.83. The van der Waals surface area contributed by atoms with E-state index in [1.165, 1.54) is 25.6 Å². The van der Waals surface area contributed by atoms with Crippen LogP contribution >= 0.6 is 11.3 Å². The summed E-state index contributed by atoms with van der Waals surface area (Å²) in [6, 6.07) is 7.94. The Hall–Kier alpha value is -2.47. The zero-order valence-electron chi connectivity index (χ0n) is 13.3. The quantitative estimate of drug-likeness (QED) is 0.535. The molecule has 0 bridgehead atoms. The van der Waals surface area contributed by atoms with E-state index in [1.54, 1.807) is 0 Å². The number of carbonyl (C=O) groups excluding carboxylic acids is 2. The van der Waals surface area contributed by atoms with Crippen LogP contribution in [0, 0.1) is 6.92 Å². The number of methoxy groups -OCH3 is 2. The first-order chi connectivity index (χ1) is 11.0. The molecule has 2 aliphatic rings. The maximum atomic E-state index is 12.2. The molecule has 0 spiro atoms. The van der Waals surface area contributed by atoms with Crippen molar-refractivity contribution in [1.82, 2.24) is 0 Å². The third-order valence-electron chi connectivity index (χ3n) is 3.99. The predicted molar refractivity (Wildman–Crippen MR) is 87.0 cm³/mol. The number of para-hydroxylation sites is 1. The Labute approximate surface area is 137 Å². The van der Waals surface area contributed by atoms with Crippen molar-refractivity contribution < 1.29 is 23.6 Å². The summed E-state index contributed by atoms with van der Waals surface area (Å²) in [5.41, 5.74) is 3.00. The van der Waals surface area contributed by atoms with Crippen molar-refractivity contribution in [2.45, 2.75) is 6.92 Å². The van der Waals surface area contributed by atoms with Gasteiger partial charge in [-0.2, -0.15) is 4.57 Å². The summed E-state index contributed by atoms with van der Waals surface area (Å²) in [5.74, 6) is -1.07. The van der Waals surface area contributed by atoms with Crippen LogP contribution in [0.4, 0.5) is 0 Å². The third-order valence-corrected chi connectivity index (χ3v) is 5.24. The average molecular weight is 330 g/mol. The lowest BCUT2D eigenvalue weighted by Gasteiger charge is -2.11. The van der Waals surface area contributed by atoms with Crippen molar-refractivity contribution >= 4 is 34.2 Å². The molecule has 0 N–H and O–H groups in total. The Morgan fingerprint density at radius 1 is 1.09 bits per heavy atom. The van der Waals surface area contributed by atoms with Crippen LogP contribution in [0.15, 0.2) is 24.3 Å². The van der Waals surface area contributed by atoms with Gasteiger partial charge in [0.2, 0.25) is 5.52 Å². The van der Waals surface area contributed by atoms with Crippen LogP contribution in [0.5, 0.6) is 0 Å². The van der Waals surface area contributed by atoms with Crippen molar-refractivity contribution in [3.63, 3.8) is 0 Å². The van der Waals surface area contributed by atoms with E-state index in [4.69, 9.17) is 9.47 Å². The standard InChI is InChI=1S/C17H16NO4S/c1-9-12-10-7-5-6-8-11(10)18(2)15(12)23-14(17(20)22-4)13(9)16(19)21-3/h5-8H,1-4H3/q+1. The van der Waals surface area contributed by atoms with E-state index in [1.807, 2.05) is 42.8 Å². The zero-order valence-corrected chi connectivity index (χ0v) is 14.1. The van der Waals surface area contributed by atoms with Gasteiger partial charge in [-0.05, 0) is 18.6 Å². The molecule has 0 amide bonds. The molecule has 0 saturated carbocycles. The number of aromatic nitrogens is 1. The minimum absolute atomic E-state index is 0.259. The fraction of sp³-hybridized carbons (Fsp3) is 0.235. The lowest BCUT2D eigenvalue weighted by atomic mass is 10.0. The van der Waals surface area contributed by atoms with Crippen LogP contribution in [0.25, 0.3) is 21.5 Å². The molecule has 6 heteroatoms. The molecular formula is C17H16NO4S+. The van der Waals surface area contributed by atoms with Gasteiger partial charge in [0, 0.05) is 6.07 Å². The summed E-state index contributed by atoms with van der Waals surface area (Å²) >= 11 is 1.24. The van der Waals surface area contributed by atoms with E-state index in [2.05, 4.69) is 0 Å². The van der Waals surface area contributed by atoms with Gasteiger partial charge in [0.05, 0.1) is 30.7 Å². The van der Waals surface area contributed by atoms with E-state index >= 15 is 0 Å². The van der Waals surface area contributed by atoms with Crippen LogP contribution in [0.2, 0.25) is 0 Å². The molecule has 0 atom stereocenters. The lowest BCUT2D eigenvalue weighted by molar-refractivity contribution is -0.628. The third kappa shape index (κ3) is 2.17. The summed E-state index contributed by atoms with van der Waals surface area (Å²) < 4.78 is 11.7. The van der Waals surface area contributed by atoms with Crippen LogP contribution in [-0.2, 0) is 16.5 Å². The SMILES string of the molecule is COC(=O)c1sc2[n+](C)c3ccccc3c-2c(C)c1C(=O)OC. The molecule has 5 nitrogen and oxygen atoms in total. The summed E-state index contributed by atoms with van der Waals surface area (Å²) in [6.45, 7) is 1.83. The van der Waals surface area contributed by atoms with E-state index in [0.717, 1.165) is 27.0 Å². The summed E-state index contributed by atoms with van der Waals surface area (Å²) in [4.78, 5) is 24.6. The van der Waals surface area contributed by atoms with Crippen molar-refractivity contribution in [2.75, 3.05) is 14.2 Å². The highest BCUT2D eigenvalue weighted by molar-refractivity contribution is 7.16. The molecule has 0 saturated heterocycles. The summed E-state index contributed by atoms with van der Waals surface area (Å²) in [5, 5.41) is 1.96. The number of nitrogens with zero attached hydrogens (tertiary/aromatic N) is 1. The zero-order chi connectivity index (χ0) is 16.7. The number of hydrogen-bond donors (Lipinski definition) is 0. The predicted octanol–water partition coefficient (Wildman–Crippen LogP) is 2.71. The number of ether oxygens (including phenoxy) is 2. The van der Waals surface area contributed by atoms with Crippen LogP contribution in [-0.4, -0.2) is 26.2 Å². The molecule has 3 rings (SSSR count). The summed E-state index contributed by atoms with van der Waals surface area (Å²) in [7, 11) is 4.55. The van der Waals surface area contributed by atoms with Gasteiger partial charge in [-0.15, -0.1) is 0 Å². The number of carbonyl (C=O) groups is 2. The van der Waals surface area contributed by atoms with Gasteiger partial charge >= 0.3 is 11.9 Å². The molecular weight excluding hydrogens is 314 g/mol. The Bertz CT molecular complexity index is 913. The molecule has 23 heavy (non-hydrogen) atoms. The van der Waals surface area contributed by atoms with E-state index < -0.39 is 11.9 Å². The van der Waals surface area contributed by atoms with Gasteiger partial charge in [-0.25, -0.2) is 9.59 Å². The molecule has 0 fully saturated rings. The number of benzene rings is 1. The second-order valence-corrected chi connectivity index (χ2v) is 6.17. The number of esters is 2. The molecule has 118 valence electrons. The van der Waals surface area contributed by atoms with Gasteiger partial charge in [0.1, 0.15) is 11.9 Å². The van der Waals surface area contributed by atoms with Gasteiger partial charge in [0.25, 0.3) is 5.01 Å². The maximum absolute atomic E-state index is 12.2. The molecule has 0 unspecified atom stereocenters. The molecule has 2 aliphatic heterocycles. The number of fused-ring (bicyclic) bond motifs is 3. The second-order valence-electron chi connectivity index (χ2n) is 5.17. The molecule has 1 aromatic rings. The lowest BCUT2D eigenvalue weighted by Crippen LogP contribution is -2.28. The van der Waals surface area contributed by atoms with Crippen molar-refractivity contribution in [2.24, 2.45) is 7.05 Å². The van der Waals surface area contributed by atoms with Crippen molar-refractivity contribution in [1.29, 1.82) is 0 Å². The largest absolute Gasteiger partial charge is 0.465 e.